The van der Waals surface area contributed by atoms with E-state index in [9.17, 15) is 9.59 Å². The average Bonchev–Trinajstić information content (AvgIpc) is 2.95. The van der Waals surface area contributed by atoms with Gasteiger partial charge in [0.2, 0.25) is 5.91 Å². The number of H-pyrrole nitrogens is 1. The fourth-order valence-corrected chi connectivity index (χ4v) is 1.99. The van der Waals surface area contributed by atoms with Crippen molar-refractivity contribution in [1.82, 2.24) is 20.6 Å². The second kappa shape index (κ2) is 8.55. The molecular weight excluding hydrogens is 296 g/mol. The van der Waals surface area contributed by atoms with Crippen LogP contribution in [0.3, 0.4) is 0 Å². The van der Waals surface area contributed by atoms with Crippen molar-refractivity contribution in [1.29, 1.82) is 0 Å². The van der Waals surface area contributed by atoms with Crippen LogP contribution in [0.1, 0.15) is 46.7 Å². The molecule has 23 heavy (non-hydrogen) atoms. The minimum Gasteiger partial charge on any atom is -0.444 e. The molecule has 3 N–H and O–H groups in total. The predicted octanol–water partition coefficient (Wildman–Crippen LogP) is 2.01. The molecule has 130 valence electrons. The van der Waals surface area contributed by atoms with Gasteiger partial charge in [-0.2, -0.15) is 0 Å². The fourth-order valence-electron chi connectivity index (χ4n) is 1.99. The molecule has 0 saturated heterocycles. The van der Waals surface area contributed by atoms with Crippen molar-refractivity contribution in [2.24, 2.45) is 5.92 Å². The topological polar surface area (TPSA) is 96.1 Å². The average molecular weight is 324 g/mol. The Balaban J connectivity index is 2.54. The van der Waals surface area contributed by atoms with Gasteiger partial charge in [0.05, 0.1) is 6.33 Å². The van der Waals surface area contributed by atoms with E-state index in [-0.39, 0.29) is 11.8 Å². The van der Waals surface area contributed by atoms with E-state index in [0.29, 0.717) is 13.0 Å². The van der Waals surface area contributed by atoms with E-state index in [4.69, 9.17) is 4.74 Å². The van der Waals surface area contributed by atoms with E-state index in [1.807, 2.05) is 13.8 Å². The summed E-state index contributed by atoms with van der Waals surface area (Å²) in [5.41, 5.74) is 0.353. The van der Waals surface area contributed by atoms with Crippen LogP contribution in [0.25, 0.3) is 0 Å². The van der Waals surface area contributed by atoms with Gasteiger partial charge in [0, 0.05) is 24.9 Å². The van der Waals surface area contributed by atoms with Crippen LogP contribution in [-0.2, 0) is 16.0 Å². The number of aromatic nitrogens is 2. The number of carbonyl (C=O) groups excluding carboxylic acids is 2. The van der Waals surface area contributed by atoms with Gasteiger partial charge in [-0.3, -0.25) is 4.79 Å². The minimum atomic E-state index is -0.614. The normalized spacial score (nSPS) is 14.0. The molecule has 2 amide bonds. The SMILES string of the molecule is CC[C@H](C)[C@H](NC(=O)OC(C)(C)C)C(=O)NCCc1cnc[nH]1. The predicted molar refractivity (Wildman–Crippen MR) is 87.9 cm³/mol. The molecule has 0 aliphatic heterocycles. The molecule has 0 saturated carbocycles. The summed E-state index contributed by atoms with van der Waals surface area (Å²) in [5, 5.41) is 5.52. The number of aromatic amines is 1. The quantitative estimate of drug-likeness (QED) is 0.715. The highest BCUT2D eigenvalue weighted by Crippen LogP contribution is 2.11. The summed E-state index contributed by atoms with van der Waals surface area (Å²) in [5.74, 6) is -0.195. The summed E-state index contributed by atoms with van der Waals surface area (Å²) >= 11 is 0. The summed E-state index contributed by atoms with van der Waals surface area (Å²) in [6.45, 7) is 9.74. The van der Waals surface area contributed by atoms with E-state index in [2.05, 4.69) is 20.6 Å². The largest absolute Gasteiger partial charge is 0.444 e. The van der Waals surface area contributed by atoms with Crippen LogP contribution in [0.4, 0.5) is 4.79 Å². The van der Waals surface area contributed by atoms with Crippen LogP contribution in [0.5, 0.6) is 0 Å². The van der Waals surface area contributed by atoms with E-state index in [1.165, 1.54) is 0 Å². The van der Waals surface area contributed by atoms with Crippen molar-refractivity contribution >= 4 is 12.0 Å². The zero-order valence-electron chi connectivity index (χ0n) is 14.6. The van der Waals surface area contributed by atoms with Crippen LogP contribution < -0.4 is 10.6 Å². The molecule has 2 atom stereocenters. The molecule has 1 aromatic rings. The summed E-state index contributed by atoms with van der Waals surface area (Å²) in [6.07, 6.45) is 4.17. The number of rotatable bonds is 7. The number of nitrogens with zero attached hydrogens (tertiary/aromatic N) is 1. The Labute approximate surface area is 137 Å². The van der Waals surface area contributed by atoms with Crippen LogP contribution in [0.2, 0.25) is 0 Å². The number of ether oxygens (including phenoxy) is 1. The molecule has 1 heterocycles. The van der Waals surface area contributed by atoms with Gasteiger partial charge in [-0.1, -0.05) is 20.3 Å². The lowest BCUT2D eigenvalue weighted by Gasteiger charge is -2.26. The zero-order valence-corrected chi connectivity index (χ0v) is 14.6. The molecule has 7 heteroatoms. The van der Waals surface area contributed by atoms with Gasteiger partial charge in [0.1, 0.15) is 11.6 Å². The molecule has 0 fully saturated rings. The van der Waals surface area contributed by atoms with E-state index in [1.54, 1.807) is 33.3 Å². The van der Waals surface area contributed by atoms with Crippen LogP contribution >= 0.6 is 0 Å². The highest BCUT2D eigenvalue weighted by Gasteiger charge is 2.27. The molecular formula is C16H28N4O3. The monoisotopic (exact) mass is 324 g/mol. The maximum atomic E-state index is 12.4. The van der Waals surface area contributed by atoms with Gasteiger partial charge < -0.3 is 20.4 Å². The van der Waals surface area contributed by atoms with E-state index < -0.39 is 17.7 Å². The lowest BCUT2D eigenvalue weighted by atomic mass is 9.98. The van der Waals surface area contributed by atoms with Crippen LogP contribution in [0.15, 0.2) is 12.5 Å². The van der Waals surface area contributed by atoms with Gasteiger partial charge in [-0.25, -0.2) is 9.78 Å². The molecule has 7 nitrogen and oxygen atoms in total. The van der Waals surface area contributed by atoms with Gasteiger partial charge in [-0.05, 0) is 26.7 Å². The Kier molecular flexibility index (Phi) is 7.06. The Morgan fingerprint density at radius 2 is 2.09 bits per heavy atom. The smallest absolute Gasteiger partial charge is 0.408 e. The number of carbonyl (C=O) groups is 2. The fraction of sp³-hybridized carbons (Fsp3) is 0.688. The van der Waals surface area contributed by atoms with Crippen molar-refractivity contribution in [3.8, 4) is 0 Å². The maximum absolute atomic E-state index is 12.4. The minimum absolute atomic E-state index is 0.00896. The highest BCUT2D eigenvalue weighted by atomic mass is 16.6. The molecule has 0 aliphatic carbocycles. The highest BCUT2D eigenvalue weighted by molar-refractivity contribution is 5.85. The Bertz CT molecular complexity index is 494. The Hall–Kier alpha value is -2.05. The molecule has 0 radical (unpaired) electrons. The number of imidazole rings is 1. The first-order valence-electron chi connectivity index (χ1n) is 7.97. The summed E-state index contributed by atoms with van der Waals surface area (Å²) in [6, 6.07) is -0.614. The van der Waals surface area contributed by atoms with Gasteiger partial charge in [0.25, 0.3) is 0 Å². The van der Waals surface area contributed by atoms with Gasteiger partial charge in [0.15, 0.2) is 0 Å². The standard InChI is InChI=1S/C16H28N4O3/c1-6-11(2)13(20-15(22)23-16(3,4)5)14(21)18-8-7-12-9-17-10-19-12/h9-11,13H,6-8H2,1-5H3,(H,17,19)(H,18,21)(H,20,22)/t11-,13-/m0/s1. The Morgan fingerprint density at radius 1 is 1.39 bits per heavy atom. The second-order valence-electron chi connectivity index (χ2n) is 6.63. The first-order valence-corrected chi connectivity index (χ1v) is 7.97. The van der Waals surface area contributed by atoms with Crippen molar-refractivity contribution in [2.75, 3.05) is 6.54 Å². The van der Waals surface area contributed by atoms with Gasteiger partial charge >= 0.3 is 6.09 Å². The molecule has 0 aromatic carbocycles. The van der Waals surface area contributed by atoms with Crippen LogP contribution in [-0.4, -0.2) is 40.2 Å². The zero-order chi connectivity index (χ0) is 17.5. The summed E-state index contributed by atoms with van der Waals surface area (Å²) in [7, 11) is 0. The first kappa shape index (κ1) is 19.0. The van der Waals surface area contributed by atoms with Crippen molar-refractivity contribution < 1.29 is 14.3 Å². The first-order chi connectivity index (χ1) is 10.7. The molecule has 1 aromatic heterocycles. The molecule has 0 bridgehead atoms. The van der Waals surface area contributed by atoms with E-state index in [0.717, 1.165) is 12.1 Å². The van der Waals surface area contributed by atoms with Gasteiger partial charge in [-0.15, -0.1) is 0 Å². The maximum Gasteiger partial charge on any atom is 0.408 e. The summed E-state index contributed by atoms with van der Waals surface area (Å²) in [4.78, 5) is 31.2. The number of nitrogens with one attached hydrogen (secondary N) is 3. The molecule has 0 unspecified atom stereocenters. The second-order valence-corrected chi connectivity index (χ2v) is 6.63. The van der Waals surface area contributed by atoms with E-state index >= 15 is 0 Å². The summed E-state index contributed by atoms with van der Waals surface area (Å²) < 4.78 is 5.23. The third-order valence-corrected chi connectivity index (χ3v) is 3.42. The van der Waals surface area contributed by atoms with Crippen LogP contribution in [0, 0.1) is 5.92 Å². The van der Waals surface area contributed by atoms with Crippen molar-refractivity contribution in [3.63, 3.8) is 0 Å². The van der Waals surface area contributed by atoms with Crippen molar-refractivity contribution in [3.05, 3.63) is 18.2 Å². The lowest BCUT2D eigenvalue weighted by molar-refractivity contribution is -0.124. The number of hydrogen-bond donors (Lipinski definition) is 3. The molecule has 0 aliphatic rings. The number of alkyl carbamates (subject to hydrolysis) is 1. The third kappa shape index (κ3) is 7.17. The molecule has 1 rings (SSSR count). The number of amides is 2. The number of hydrogen-bond acceptors (Lipinski definition) is 4. The Morgan fingerprint density at radius 3 is 2.61 bits per heavy atom. The lowest BCUT2D eigenvalue weighted by Crippen LogP contribution is -2.51. The molecule has 0 spiro atoms. The van der Waals surface area contributed by atoms with Crippen molar-refractivity contribution in [2.45, 2.75) is 59.1 Å². The third-order valence-electron chi connectivity index (χ3n) is 3.42.